The molecule has 1 fully saturated rings. The number of hydrogen-bond donors (Lipinski definition) is 1. The van der Waals surface area contributed by atoms with Crippen molar-refractivity contribution in [2.24, 2.45) is 11.7 Å². The van der Waals surface area contributed by atoms with E-state index in [1.165, 1.54) is 12.1 Å². The van der Waals surface area contributed by atoms with Crippen LogP contribution < -0.4 is 10.6 Å². The van der Waals surface area contributed by atoms with Gasteiger partial charge >= 0.3 is 0 Å². The van der Waals surface area contributed by atoms with Crippen LogP contribution >= 0.6 is 0 Å². The second kappa shape index (κ2) is 4.51. The molecule has 1 aromatic carbocycles. The minimum atomic E-state index is -0.436. The van der Waals surface area contributed by atoms with Crippen LogP contribution in [-0.2, 0) is 0 Å². The fourth-order valence-electron chi connectivity index (χ4n) is 2.35. The summed E-state index contributed by atoms with van der Waals surface area (Å²) < 4.78 is 5.63. The zero-order valence-corrected chi connectivity index (χ0v) is 10.3. The van der Waals surface area contributed by atoms with E-state index in [2.05, 4.69) is 4.98 Å². The van der Waals surface area contributed by atoms with Crippen molar-refractivity contribution in [3.63, 3.8) is 0 Å². The molecule has 0 aliphatic carbocycles. The number of non-ortho nitro benzene ring substituents is 1. The number of anilines is 1. The number of nitro groups is 1. The van der Waals surface area contributed by atoms with Crippen molar-refractivity contribution in [3.8, 4) is 0 Å². The van der Waals surface area contributed by atoms with Crippen LogP contribution in [-0.4, -0.2) is 29.5 Å². The van der Waals surface area contributed by atoms with Gasteiger partial charge in [-0.25, -0.2) is 0 Å². The van der Waals surface area contributed by atoms with Gasteiger partial charge in [0.1, 0.15) is 5.52 Å². The van der Waals surface area contributed by atoms with Gasteiger partial charge in [-0.3, -0.25) is 10.1 Å². The van der Waals surface area contributed by atoms with E-state index < -0.39 is 4.92 Å². The van der Waals surface area contributed by atoms with Gasteiger partial charge in [-0.05, 0) is 24.9 Å². The fourth-order valence-corrected chi connectivity index (χ4v) is 2.35. The highest BCUT2D eigenvalue weighted by Gasteiger charge is 2.25. The van der Waals surface area contributed by atoms with E-state index in [-0.39, 0.29) is 5.69 Å². The number of rotatable bonds is 3. The van der Waals surface area contributed by atoms with Crippen LogP contribution in [0.25, 0.3) is 11.1 Å². The van der Waals surface area contributed by atoms with Gasteiger partial charge in [-0.1, -0.05) is 0 Å². The summed E-state index contributed by atoms with van der Waals surface area (Å²) in [5.74, 6) is 0.462. The normalized spacial score (nSPS) is 19.2. The number of oxazole rings is 1. The minimum absolute atomic E-state index is 0.0219. The Bertz CT molecular complexity index is 624. The molecule has 1 aromatic heterocycles. The number of nitrogens with two attached hydrogens (primary N) is 1. The van der Waals surface area contributed by atoms with Crippen LogP contribution in [0.2, 0.25) is 0 Å². The molecular weight excluding hydrogens is 248 g/mol. The van der Waals surface area contributed by atoms with Crippen LogP contribution in [0.1, 0.15) is 6.42 Å². The fraction of sp³-hybridized carbons (Fsp3) is 0.417. The van der Waals surface area contributed by atoms with E-state index in [4.69, 9.17) is 10.2 Å². The number of nitro benzene ring substituents is 1. The van der Waals surface area contributed by atoms with Crippen molar-refractivity contribution in [1.29, 1.82) is 0 Å². The van der Waals surface area contributed by atoms with Crippen molar-refractivity contribution >= 4 is 22.8 Å². The van der Waals surface area contributed by atoms with Crippen LogP contribution in [0.3, 0.4) is 0 Å². The van der Waals surface area contributed by atoms with Gasteiger partial charge in [0.2, 0.25) is 0 Å². The Balaban J connectivity index is 1.91. The average molecular weight is 262 g/mol. The van der Waals surface area contributed by atoms with Gasteiger partial charge in [0.25, 0.3) is 11.7 Å². The first kappa shape index (κ1) is 11.9. The lowest BCUT2D eigenvalue weighted by molar-refractivity contribution is -0.384. The molecule has 0 radical (unpaired) electrons. The largest absolute Gasteiger partial charge is 0.423 e. The van der Waals surface area contributed by atoms with E-state index in [1.807, 2.05) is 4.90 Å². The first-order chi connectivity index (χ1) is 9.17. The summed E-state index contributed by atoms with van der Waals surface area (Å²) in [6.07, 6.45) is 1.02. The first-order valence-electron chi connectivity index (χ1n) is 6.17. The van der Waals surface area contributed by atoms with Gasteiger partial charge in [-0.15, -0.1) is 0 Å². The monoisotopic (exact) mass is 262 g/mol. The molecule has 0 bridgehead atoms. The van der Waals surface area contributed by atoms with Crippen molar-refractivity contribution in [3.05, 3.63) is 28.3 Å². The zero-order valence-electron chi connectivity index (χ0n) is 10.3. The van der Waals surface area contributed by atoms with Crippen molar-refractivity contribution in [2.45, 2.75) is 6.42 Å². The number of benzene rings is 1. The van der Waals surface area contributed by atoms with Crippen LogP contribution in [0.4, 0.5) is 11.7 Å². The molecule has 7 nitrogen and oxygen atoms in total. The molecule has 0 amide bonds. The van der Waals surface area contributed by atoms with E-state index in [0.717, 1.165) is 19.5 Å². The van der Waals surface area contributed by atoms with E-state index in [0.29, 0.717) is 29.6 Å². The summed E-state index contributed by atoms with van der Waals surface area (Å²) >= 11 is 0. The lowest BCUT2D eigenvalue weighted by atomic mass is 10.1. The summed E-state index contributed by atoms with van der Waals surface area (Å²) in [7, 11) is 0. The third-order valence-corrected chi connectivity index (χ3v) is 3.46. The van der Waals surface area contributed by atoms with Crippen LogP contribution in [0, 0.1) is 16.0 Å². The van der Waals surface area contributed by atoms with Gasteiger partial charge in [0.15, 0.2) is 5.58 Å². The van der Waals surface area contributed by atoms with Gasteiger partial charge in [0.05, 0.1) is 4.92 Å². The molecule has 100 valence electrons. The predicted molar refractivity (Wildman–Crippen MR) is 70.0 cm³/mol. The maximum absolute atomic E-state index is 10.7. The minimum Gasteiger partial charge on any atom is -0.423 e. The molecule has 0 saturated carbocycles. The summed E-state index contributed by atoms with van der Waals surface area (Å²) in [6.45, 7) is 2.34. The summed E-state index contributed by atoms with van der Waals surface area (Å²) in [6, 6.07) is 4.95. The Labute approximate surface area is 109 Å². The van der Waals surface area contributed by atoms with E-state index in [9.17, 15) is 10.1 Å². The molecule has 2 aromatic rings. The van der Waals surface area contributed by atoms with E-state index in [1.54, 1.807) is 6.07 Å². The Morgan fingerprint density at radius 2 is 2.42 bits per heavy atom. The van der Waals surface area contributed by atoms with Crippen LogP contribution in [0.15, 0.2) is 22.6 Å². The molecular formula is C12H14N4O3. The molecule has 0 spiro atoms. The van der Waals surface area contributed by atoms with Crippen molar-refractivity contribution in [1.82, 2.24) is 4.98 Å². The second-order valence-electron chi connectivity index (χ2n) is 4.74. The van der Waals surface area contributed by atoms with Crippen molar-refractivity contribution < 1.29 is 9.34 Å². The summed E-state index contributed by atoms with van der Waals surface area (Å²) in [4.78, 5) is 16.6. The third-order valence-electron chi connectivity index (χ3n) is 3.46. The molecule has 1 atom stereocenters. The summed E-state index contributed by atoms with van der Waals surface area (Å²) in [5.41, 5.74) is 6.75. The maximum Gasteiger partial charge on any atom is 0.298 e. The molecule has 19 heavy (non-hydrogen) atoms. The van der Waals surface area contributed by atoms with Gasteiger partial charge in [0, 0.05) is 25.2 Å². The van der Waals surface area contributed by atoms with Gasteiger partial charge in [-0.2, -0.15) is 4.98 Å². The first-order valence-corrected chi connectivity index (χ1v) is 6.17. The third kappa shape index (κ3) is 2.12. The SMILES string of the molecule is NC[C@@H]1CCN(c2nc3cc([N+](=O)[O-])ccc3o2)C1. The molecule has 2 heterocycles. The Hall–Kier alpha value is -2.15. The number of aromatic nitrogens is 1. The number of fused-ring (bicyclic) bond motifs is 1. The zero-order chi connectivity index (χ0) is 13.4. The molecule has 2 N–H and O–H groups in total. The standard InChI is InChI=1S/C12H14N4O3/c13-6-8-3-4-15(7-8)12-14-10-5-9(16(17)18)1-2-11(10)19-12/h1-2,5,8H,3-4,6-7,13H2/t8-/m0/s1. The molecule has 1 aliphatic rings. The Kier molecular flexibility index (Phi) is 2.83. The lowest BCUT2D eigenvalue weighted by Crippen LogP contribution is -2.22. The Morgan fingerprint density at radius 1 is 1.58 bits per heavy atom. The highest BCUT2D eigenvalue weighted by atomic mass is 16.6. The topological polar surface area (TPSA) is 98.4 Å². The molecule has 3 rings (SSSR count). The molecule has 1 saturated heterocycles. The lowest BCUT2D eigenvalue weighted by Gasteiger charge is -2.12. The van der Waals surface area contributed by atoms with Crippen LogP contribution in [0.5, 0.6) is 0 Å². The molecule has 1 aliphatic heterocycles. The Morgan fingerprint density at radius 3 is 3.11 bits per heavy atom. The molecule has 0 unspecified atom stereocenters. The summed E-state index contributed by atoms with van der Waals surface area (Å²) in [5, 5.41) is 10.7. The number of nitrogens with zero attached hydrogens (tertiary/aromatic N) is 3. The quantitative estimate of drug-likeness (QED) is 0.665. The smallest absolute Gasteiger partial charge is 0.298 e. The maximum atomic E-state index is 10.7. The molecule has 7 heteroatoms. The predicted octanol–water partition coefficient (Wildman–Crippen LogP) is 1.52. The van der Waals surface area contributed by atoms with Crippen molar-refractivity contribution in [2.75, 3.05) is 24.5 Å². The highest BCUT2D eigenvalue weighted by molar-refractivity contribution is 5.77. The number of hydrogen-bond acceptors (Lipinski definition) is 6. The van der Waals surface area contributed by atoms with Gasteiger partial charge < -0.3 is 15.1 Å². The van der Waals surface area contributed by atoms with E-state index >= 15 is 0 Å². The second-order valence-corrected chi connectivity index (χ2v) is 4.74. The highest BCUT2D eigenvalue weighted by Crippen LogP contribution is 2.28. The average Bonchev–Trinajstić information content (AvgIpc) is 3.03.